The lowest BCUT2D eigenvalue weighted by Gasteiger charge is -2.04. The van der Waals surface area contributed by atoms with Crippen molar-refractivity contribution in [3.63, 3.8) is 0 Å². The third-order valence-electron chi connectivity index (χ3n) is 2.75. The van der Waals surface area contributed by atoms with Gasteiger partial charge in [0.1, 0.15) is 0 Å². The van der Waals surface area contributed by atoms with E-state index in [1.165, 1.54) is 0 Å². The number of Topliss-reactive ketones (excluding diaryl/α,β-unsaturated/α-hetero) is 1. The van der Waals surface area contributed by atoms with E-state index in [-0.39, 0.29) is 18.2 Å². The zero-order chi connectivity index (χ0) is 11.5. The van der Waals surface area contributed by atoms with Crippen molar-refractivity contribution in [1.29, 1.82) is 0 Å². The fraction of sp³-hybridized carbons (Fsp3) is 0.385. The fourth-order valence-electron chi connectivity index (χ4n) is 2.00. The molecular formula is C13H14O3. The van der Waals surface area contributed by atoms with Crippen LogP contribution >= 0.6 is 0 Å². The van der Waals surface area contributed by atoms with E-state index in [4.69, 9.17) is 4.74 Å². The van der Waals surface area contributed by atoms with Crippen molar-refractivity contribution in [3.8, 4) is 0 Å². The quantitative estimate of drug-likeness (QED) is 0.728. The standard InChI is InChI=1S/C13H14O3/c1-2-16-13(15)8-9-3-5-11-10(7-9)4-6-12(11)14/h3,5,7H,2,4,6,8H2,1H3. The minimum Gasteiger partial charge on any atom is -0.466 e. The number of aryl methyl sites for hydroxylation is 1. The van der Waals surface area contributed by atoms with E-state index in [1.54, 1.807) is 6.92 Å². The topological polar surface area (TPSA) is 43.4 Å². The lowest BCUT2D eigenvalue weighted by Crippen LogP contribution is -2.07. The second-order valence-corrected chi connectivity index (χ2v) is 3.90. The number of esters is 1. The normalized spacial score (nSPS) is 13.7. The molecule has 0 saturated heterocycles. The van der Waals surface area contributed by atoms with Gasteiger partial charge >= 0.3 is 5.97 Å². The Labute approximate surface area is 94.4 Å². The summed E-state index contributed by atoms with van der Waals surface area (Å²) in [5.74, 6) is -0.00976. The molecule has 0 unspecified atom stereocenters. The number of carbonyl (C=O) groups is 2. The third kappa shape index (κ3) is 2.13. The van der Waals surface area contributed by atoms with E-state index >= 15 is 0 Å². The van der Waals surface area contributed by atoms with Crippen LogP contribution in [0, 0.1) is 0 Å². The molecule has 0 saturated carbocycles. The molecule has 84 valence electrons. The average molecular weight is 218 g/mol. The van der Waals surface area contributed by atoms with E-state index in [2.05, 4.69) is 0 Å². The molecule has 0 N–H and O–H groups in total. The molecule has 0 atom stereocenters. The van der Waals surface area contributed by atoms with E-state index in [1.807, 2.05) is 18.2 Å². The molecule has 0 aromatic heterocycles. The lowest BCUT2D eigenvalue weighted by molar-refractivity contribution is -0.142. The molecule has 0 radical (unpaired) electrons. The number of ether oxygens (including phenoxy) is 1. The summed E-state index contributed by atoms with van der Waals surface area (Å²) in [5.41, 5.74) is 2.80. The largest absolute Gasteiger partial charge is 0.466 e. The molecule has 1 aliphatic rings. The Morgan fingerprint density at radius 2 is 2.19 bits per heavy atom. The summed E-state index contributed by atoms with van der Waals surface area (Å²) in [6, 6.07) is 5.59. The first-order valence-corrected chi connectivity index (χ1v) is 5.51. The molecule has 16 heavy (non-hydrogen) atoms. The first kappa shape index (κ1) is 10.9. The second-order valence-electron chi connectivity index (χ2n) is 3.90. The highest BCUT2D eigenvalue weighted by Gasteiger charge is 2.19. The number of hydrogen-bond acceptors (Lipinski definition) is 3. The summed E-state index contributed by atoms with van der Waals surface area (Å²) < 4.78 is 4.88. The number of benzene rings is 1. The summed E-state index contributed by atoms with van der Waals surface area (Å²) in [4.78, 5) is 22.7. The molecule has 3 nitrogen and oxygen atoms in total. The van der Waals surface area contributed by atoms with Crippen molar-refractivity contribution in [3.05, 3.63) is 34.9 Å². The van der Waals surface area contributed by atoms with Crippen LogP contribution in [0.1, 0.15) is 34.8 Å². The monoisotopic (exact) mass is 218 g/mol. The van der Waals surface area contributed by atoms with Gasteiger partial charge in [-0.1, -0.05) is 18.2 Å². The molecule has 0 bridgehead atoms. The van der Waals surface area contributed by atoms with Crippen molar-refractivity contribution in [1.82, 2.24) is 0 Å². The average Bonchev–Trinajstić information content (AvgIpc) is 2.60. The fourth-order valence-corrected chi connectivity index (χ4v) is 2.00. The summed E-state index contributed by atoms with van der Waals surface area (Å²) in [6.07, 6.45) is 1.68. The molecule has 1 aromatic carbocycles. The van der Waals surface area contributed by atoms with Crippen molar-refractivity contribution in [2.45, 2.75) is 26.2 Å². The molecule has 1 aromatic rings. The summed E-state index contributed by atoms with van der Waals surface area (Å²) in [6.45, 7) is 2.20. The smallest absolute Gasteiger partial charge is 0.310 e. The SMILES string of the molecule is CCOC(=O)Cc1ccc2c(c1)CCC2=O. The molecule has 2 rings (SSSR count). The Morgan fingerprint density at radius 3 is 2.94 bits per heavy atom. The van der Waals surface area contributed by atoms with Gasteiger partial charge in [0, 0.05) is 12.0 Å². The maximum absolute atomic E-state index is 11.4. The highest BCUT2D eigenvalue weighted by atomic mass is 16.5. The Hall–Kier alpha value is -1.64. The Bertz CT molecular complexity index is 435. The number of fused-ring (bicyclic) bond motifs is 1. The van der Waals surface area contributed by atoms with E-state index < -0.39 is 0 Å². The van der Waals surface area contributed by atoms with Gasteiger partial charge in [0.25, 0.3) is 0 Å². The predicted molar refractivity (Wildman–Crippen MR) is 59.4 cm³/mol. The Morgan fingerprint density at radius 1 is 1.38 bits per heavy atom. The third-order valence-corrected chi connectivity index (χ3v) is 2.75. The van der Waals surface area contributed by atoms with Crippen LogP contribution in [0.2, 0.25) is 0 Å². The minimum absolute atomic E-state index is 0.206. The van der Waals surface area contributed by atoms with Gasteiger partial charge in [-0.2, -0.15) is 0 Å². The van der Waals surface area contributed by atoms with Crippen LogP contribution in [0.15, 0.2) is 18.2 Å². The zero-order valence-electron chi connectivity index (χ0n) is 9.29. The first-order chi connectivity index (χ1) is 7.70. The Kier molecular flexibility index (Phi) is 3.04. The summed E-state index contributed by atoms with van der Waals surface area (Å²) >= 11 is 0. The molecule has 0 heterocycles. The molecule has 0 aliphatic heterocycles. The van der Waals surface area contributed by atoms with Crippen LogP contribution in [0.3, 0.4) is 0 Å². The van der Waals surface area contributed by atoms with Crippen LogP contribution in [-0.2, 0) is 22.4 Å². The van der Waals surface area contributed by atoms with E-state index in [0.717, 1.165) is 23.1 Å². The van der Waals surface area contributed by atoms with Crippen LogP contribution in [0.5, 0.6) is 0 Å². The highest BCUT2D eigenvalue weighted by Crippen LogP contribution is 2.23. The molecule has 3 heteroatoms. The maximum Gasteiger partial charge on any atom is 0.310 e. The van der Waals surface area contributed by atoms with Crippen LogP contribution in [0.4, 0.5) is 0 Å². The zero-order valence-corrected chi connectivity index (χ0v) is 9.29. The molecule has 0 fully saturated rings. The number of hydrogen-bond donors (Lipinski definition) is 0. The van der Waals surface area contributed by atoms with Crippen molar-refractivity contribution < 1.29 is 14.3 Å². The molecule has 0 amide bonds. The maximum atomic E-state index is 11.4. The predicted octanol–water partition coefficient (Wildman–Crippen LogP) is 1.92. The van der Waals surface area contributed by atoms with Crippen LogP contribution in [-0.4, -0.2) is 18.4 Å². The van der Waals surface area contributed by atoms with Crippen LogP contribution < -0.4 is 0 Å². The second kappa shape index (κ2) is 4.47. The van der Waals surface area contributed by atoms with Gasteiger partial charge in [-0.25, -0.2) is 0 Å². The van der Waals surface area contributed by atoms with Gasteiger partial charge < -0.3 is 4.74 Å². The van der Waals surface area contributed by atoms with Crippen molar-refractivity contribution in [2.24, 2.45) is 0 Å². The minimum atomic E-state index is -0.216. The highest BCUT2D eigenvalue weighted by molar-refractivity contribution is 6.00. The van der Waals surface area contributed by atoms with Crippen LogP contribution in [0.25, 0.3) is 0 Å². The number of carbonyl (C=O) groups excluding carboxylic acids is 2. The van der Waals surface area contributed by atoms with Crippen molar-refractivity contribution >= 4 is 11.8 Å². The Balaban J connectivity index is 2.13. The van der Waals surface area contributed by atoms with Crippen molar-refractivity contribution in [2.75, 3.05) is 6.61 Å². The number of ketones is 1. The van der Waals surface area contributed by atoms with E-state index in [0.29, 0.717) is 13.0 Å². The van der Waals surface area contributed by atoms with Gasteiger partial charge in [-0.05, 0) is 24.5 Å². The summed E-state index contributed by atoms with van der Waals surface area (Å²) in [7, 11) is 0. The molecule has 0 spiro atoms. The van der Waals surface area contributed by atoms with Gasteiger partial charge in [-0.3, -0.25) is 9.59 Å². The molecular weight excluding hydrogens is 204 g/mol. The van der Waals surface area contributed by atoms with Gasteiger partial charge in [-0.15, -0.1) is 0 Å². The summed E-state index contributed by atoms with van der Waals surface area (Å²) in [5, 5.41) is 0. The van der Waals surface area contributed by atoms with Gasteiger partial charge in [0.2, 0.25) is 0 Å². The first-order valence-electron chi connectivity index (χ1n) is 5.51. The van der Waals surface area contributed by atoms with Gasteiger partial charge in [0.15, 0.2) is 5.78 Å². The van der Waals surface area contributed by atoms with E-state index in [9.17, 15) is 9.59 Å². The van der Waals surface area contributed by atoms with Gasteiger partial charge in [0.05, 0.1) is 13.0 Å². The molecule has 1 aliphatic carbocycles. The number of rotatable bonds is 3. The lowest BCUT2D eigenvalue weighted by atomic mass is 10.0.